The Morgan fingerprint density at radius 3 is 2.62 bits per heavy atom. The average Bonchev–Trinajstić information content (AvgIpc) is 3.11. The van der Waals surface area contributed by atoms with Crippen LogP contribution >= 0.6 is 11.6 Å². The van der Waals surface area contributed by atoms with E-state index in [-0.39, 0.29) is 17.4 Å². The maximum Gasteiger partial charge on any atom is 0.287 e. The summed E-state index contributed by atoms with van der Waals surface area (Å²) in [6.45, 7) is 4.57. The molecule has 0 radical (unpaired) electrons. The van der Waals surface area contributed by atoms with Gasteiger partial charge in [-0.3, -0.25) is 13.9 Å². The Morgan fingerprint density at radius 2 is 1.88 bits per heavy atom. The summed E-state index contributed by atoms with van der Waals surface area (Å²) in [5.41, 5.74) is 0. The fourth-order valence-electron chi connectivity index (χ4n) is 2.62. The summed E-state index contributed by atoms with van der Waals surface area (Å²) in [4.78, 5) is 15.1. The number of halogens is 1. The van der Waals surface area contributed by atoms with Crippen LogP contribution in [0.3, 0.4) is 0 Å². The highest BCUT2D eigenvalue weighted by Gasteiger charge is 2.15. The maximum absolute atomic E-state index is 12.3. The van der Waals surface area contributed by atoms with E-state index in [4.69, 9.17) is 20.8 Å². The number of furan rings is 1. The number of hydrogen-bond acceptors (Lipinski definition) is 5. The predicted octanol–water partition coefficient (Wildman–Crippen LogP) is 2.30. The van der Waals surface area contributed by atoms with Crippen molar-refractivity contribution >= 4 is 28.3 Å². The standard InChI is InChI=1S/C18H21ClN2O4S/c19-14-1-4-16(5-2-14)26(23)13-15-3-6-17(25-15)18(22)20-7-8-21-9-11-24-12-10-21/h1-6H,7-13H2,(H,20,22). The van der Waals surface area contributed by atoms with Crippen LogP contribution < -0.4 is 5.32 Å². The van der Waals surface area contributed by atoms with Crippen molar-refractivity contribution < 1.29 is 18.2 Å². The van der Waals surface area contributed by atoms with E-state index in [0.717, 1.165) is 32.8 Å². The minimum Gasteiger partial charge on any atom is -0.455 e. The van der Waals surface area contributed by atoms with Gasteiger partial charge in [-0.05, 0) is 36.4 Å². The molecule has 0 aliphatic carbocycles. The Bertz CT molecular complexity index is 757. The summed E-state index contributed by atoms with van der Waals surface area (Å²) in [7, 11) is -1.25. The number of ether oxygens (including phenoxy) is 1. The third kappa shape index (κ3) is 5.41. The molecule has 140 valence electrons. The van der Waals surface area contributed by atoms with Gasteiger partial charge in [-0.2, -0.15) is 0 Å². The number of carbonyl (C=O) groups is 1. The molecule has 3 rings (SSSR count). The van der Waals surface area contributed by atoms with Gasteiger partial charge in [0.2, 0.25) is 0 Å². The summed E-state index contributed by atoms with van der Waals surface area (Å²) in [6.07, 6.45) is 0. The Morgan fingerprint density at radius 1 is 1.15 bits per heavy atom. The Hall–Kier alpha value is -1.67. The second kappa shape index (κ2) is 9.32. The summed E-state index contributed by atoms with van der Waals surface area (Å²) in [6, 6.07) is 10.1. The van der Waals surface area contributed by atoms with Gasteiger partial charge in [0, 0.05) is 36.1 Å². The molecule has 1 aliphatic rings. The minimum absolute atomic E-state index is 0.211. The lowest BCUT2D eigenvalue weighted by Gasteiger charge is -2.26. The van der Waals surface area contributed by atoms with Crippen LogP contribution in [-0.4, -0.2) is 54.4 Å². The first-order valence-electron chi connectivity index (χ1n) is 8.43. The number of carbonyl (C=O) groups excluding carboxylic acids is 1. The fraction of sp³-hybridized carbons (Fsp3) is 0.389. The molecule has 2 heterocycles. The van der Waals surface area contributed by atoms with Crippen molar-refractivity contribution in [3.05, 3.63) is 52.9 Å². The zero-order valence-electron chi connectivity index (χ0n) is 14.3. The third-order valence-electron chi connectivity index (χ3n) is 4.05. The lowest BCUT2D eigenvalue weighted by Crippen LogP contribution is -2.41. The van der Waals surface area contributed by atoms with Crippen LogP contribution in [0.2, 0.25) is 5.02 Å². The van der Waals surface area contributed by atoms with Gasteiger partial charge in [0.05, 0.1) is 29.8 Å². The first kappa shape index (κ1) is 19.1. The molecule has 1 N–H and O–H groups in total. The van der Waals surface area contributed by atoms with Crippen LogP contribution in [0.1, 0.15) is 16.3 Å². The molecular weight excluding hydrogens is 376 g/mol. The largest absolute Gasteiger partial charge is 0.455 e. The molecule has 8 heteroatoms. The van der Waals surface area contributed by atoms with E-state index in [0.29, 0.717) is 22.2 Å². The van der Waals surface area contributed by atoms with E-state index in [1.54, 1.807) is 36.4 Å². The van der Waals surface area contributed by atoms with Gasteiger partial charge in [-0.1, -0.05) is 11.6 Å². The number of amides is 1. The van der Waals surface area contributed by atoms with Crippen molar-refractivity contribution in [2.24, 2.45) is 0 Å². The van der Waals surface area contributed by atoms with Gasteiger partial charge in [0.1, 0.15) is 5.76 Å². The minimum atomic E-state index is -1.25. The number of morpholine rings is 1. The van der Waals surface area contributed by atoms with E-state index < -0.39 is 10.8 Å². The van der Waals surface area contributed by atoms with Crippen LogP contribution in [-0.2, 0) is 21.3 Å². The van der Waals surface area contributed by atoms with Crippen molar-refractivity contribution in [3.63, 3.8) is 0 Å². The summed E-state index contributed by atoms with van der Waals surface area (Å²) >= 11 is 5.83. The highest BCUT2D eigenvalue weighted by molar-refractivity contribution is 7.84. The normalized spacial score (nSPS) is 16.3. The smallest absolute Gasteiger partial charge is 0.287 e. The molecule has 1 aliphatic heterocycles. The topological polar surface area (TPSA) is 71.8 Å². The molecule has 1 amide bonds. The van der Waals surface area contributed by atoms with Gasteiger partial charge in [-0.25, -0.2) is 0 Å². The van der Waals surface area contributed by atoms with Crippen molar-refractivity contribution in [3.8, 4) is 0 Å². The zero-order valence-corrected chi connectivity index (χ0v) is 15.9. The molecule has 1 unspecified atom stereocenters. The second-order valence-corrected chi connectivity index (χ2v) is 7.81. The van der Waals surface area contributed by atoms with Crippen molar-refractivity contribution in [1.29, 1.82) is 0 Å². The monoisotopic (exact) mass is 396 g/mol. The molecule has 0 saturated carbocycles. The van der Waals surface area contributed by atoms with Gasteiger partial charge in [-0.15, -0.1) is 0 Å². The van der Waals surface area contributed by atoms with Crippen LogP contribution in [0, 0.1) is 0 Å². The molecule has 1 fully saturated rings. The van der Waals surface area contributed by atoms with Crippen LogP contribution in [0.15, 0.2) is 45.7 Å². The number of nitrogens with one attached hydrogen (secondary N) is 1. The quantitative estimate of drug-likeness (QED) is 0.777. The number of rotatable bonds is 7. The Balaban J connectivity index is 1.48. The summed E-state index contributed by atoms with van der Waals surface area (Å²) in [5, 5.41) is 3.44. The van der Waals surface area contributed by atoms with Crippen LogP contribution in [0.4, 0.5) is 0 Å². The van der Waals surface area contributed by atoms with E-state index in [2.05, 4.69) is 10.2 Å². The van der Waals surface area contributed by atoms with Gasteiger partial charge < -0.3 is 14.5 Å². The maximum atomic E-state index is 12.3. The molecule has 2 aromatic rings. The zero-order chi connectivity index (χ0) is 18.4. The van der Waals surface area contributed by atoms with Crippen LogP contribution in [0.25, 0.3) is 0 Å². The van der Waals surface area contributed by atoms with Crippen molar-refractivity contribution in [2.75, 3.05) is 39.4 Å². The fourth-order valence-corrected chi connectivity index (χ4v) is 3.76. The summed E-state index contributed by atoms with van der Waals surface area (Å²) < 4.78 is 23.2. The van der Waals surface area contributed by atoms with Crippen molar-refractivity contribution in [1.82, 2.24) is 10.2 Å². The SMILES string of the molecule is O=C(NCCN1CCOCC1)c1ccc(CS(=O)c2ccc(Cl)cc2)o1. The molecule has 6 nitrogen and oxygen atoms in total. The third-order valence-corrected chi connectivity index (χ3v) is 5.65. The molecular formula is C18H21ClN2O4S. The lowest BCUT2D eigenvalue weighted by molar-refractivity contribution is 0.0382. The predicted molar refractivity (Wildman–Crippen MR) is 99.9 cm³/mol. The van der Waals surface area contributed by atoms with E-state index in [9.17, 15) is 9.00 Å². The molecule has 1 aromatic carbocycles. The molecule has 26 heavy (non-hydrogen) atoms. The number of benzene rings is 1. The average molecular weight is 397 g/mol. The molecule has 0 bridgehead atoms. The Kier molecular flexibility index (Phi) is 6.85. The van der Waals surface area contributed by atoms with E-state index >= 15 is 0 Å². The first-order valence-corrected chi connectivity index (χ1v) is 10.1. The number of nitrogens with zero attached hydrogens (tertiary/aromatic N) is 1. The summed E-state index contributed by atoms with van der Waals surface area (Å²) in [5.74, 6) is 0.691. The Labute approximate surface area is 159 Å². The molecule has 0 spiro atoms. The first-order chi connectivity index (χ1) is 12.6. The van der Waals surface area contributed by atoms with Crippen LogP contribution in [0.5, 0.6) is 0 Å². The molecule has 1 aromatic heterocycles. The van der Waals surface area contributed by atoms with Gasteiger partial charge in [0.25, 0.3) is 5.91 Å². The van der Waals surface area contributed by atoms with Gasteiger partial charge in [0.15, 0.2) is 5.76 Å². The molecule has 1 atom stereocenters. The van der Waals surface area contributed by atoms with Gasteiger partial charge >= 0.3 is 0 Å². The second-order valence-electron chi connectivity index (χ2n) is 5.92. The van der Waals surface area contributed by atoms with Crippen molar-refractivity contribution in [2.45, 2.75) is 10.6 Å². The lowest BCUT2D eigenvalue weighted by atomic mass is 10.4. The van der Waals surface area contributed by atoms with E-state index in [1.165, 1.54) is 0 Å². The molecule has 1 saturated heterocycles. The highest BCUT2D eigenvalue weighted by Crippen LogP contribution is 2.17. The number of hydrogen-bond donors (Lipinski definition) is 1. The van der Waals surface area contributed by atoms with E-state index in [1.807, 2.05) is 0 Å². The highest BCUT2D eigenvalue weighted by atomic mass is 35.5.